The van der Waals surface area contributed by atoms with Crippen molar-refractivity contribution >= 4 is 22.8 Å². The van der Waals surface area contributed by atoms with E-state index in [1.165, 1.54) is 0 Å². The molecule has 8 heteroatoms. The highest BCUT2D eigenvalue weighted by molar-refractivity contribution is 7.98. The molecule has 0 saturated carbocycles. The molecule has 1 aromatic carbocycles. The number of rotatable bonds is 9. The van der Waals surface area contributed by atoms with Crippen LogP contribution in [0.5, 0.6) is 0 Å². The van der Waals surface area contributed by atoms with Crippen LogP contribution < -0.4 is 0 Å². The smallest absolute Gasteiger partial charge is 0.237 e. The summed E-state index contributed by atoms with van der Waals surface area (Å²) in [5.74, 6) is 1.70. The van der Waals surface area contributed by atoms with E-state index >= 15 is 0 Å². The van der Waals surface area contributed by atoms with Gasteiger partial charge in [0.25, 0.3) is 0 Å². The Balaban J connectivity index is 1.74. The van der Waals surface area contributed by atoms with Crippen molar-refractivity contribution in [1.29, 1.82) is 0 Å². The molecule has 0 amide bonds. The maximum atomic E-state index is 5.49. The van der Waals surface area contributed by atoms with Crippen molar-refractivity contribution in [3.05, 3.63) is 36.0 Å². The van der Waals surface area contributed by atoms with Crippen molar-refractivity contribution in [2.75, 3.05) is 20.3 Å². The fourth-order valence-electron chi connectivity index (χ4n) is 2.50. The fourth-order valence-corrected chi connectivity index (χ4v) is 3.38. The fraction of sp³-hybridized carbons (Fsp3) is 0.471. The highest BCUT2D eigenvalue weighted by Gasteiger charge is 2.16. The predicted octanol–water partition coefficient (Wildman–Crippen LogP) is 3.46. The zero-order valence-electron chi connectivity index (χ0n) is 14.6. The summed E-state index contributed by atoms with van der Waals surface area (Å²) < 4.78 is 18.2. The Morgan fingerprint density at radius 2 is 2.12 bits per heavy atom. The normalized spacial score (nSPS) is 12.8. The summed E-state index contributed by atoms with van der Waals surface area (Å²) in [5.41, 5.74) is 2.07. The van der Waals surface area contributed by atoms with Crippen molar-refractivity contribution in [3.63, 3.8) is 0 Å². The molecule has 0 aliphatic rings. The molecule has 134 valence electrons. The molecule has 0 fully saturated rings. The van der Waals surface area contributed by atoms with Crippen LogP contribution in [0.4, 0.5) is 0 Å². The minimum absolute atomic E-state index is 0.168. The van der Waals surface area contributed by atoms with E-state index < -0.39 is 0 Å². The molecule has 0 N–H and O–H groups in total. The van der Waals surface area contributed by atoms with Crippen LogP contribution in [0.1, 0.15) is 31.7 Å². The van der Waals surface area contributed by atoms with Crippen LogP contribution in [0.15, 0.2) is 33.9 Å². The molecular weight excluding hydrogens is 340 g/mol. The van der Waals surface area contributed by atoms with Gasteiger partial charge in [0, 0.05) is 20.3 Å². The molecule has 3 aromatic rings. The summed E-state index contributed by atoms with van der Waals surface area (Å²) in [5, 5.41) is 4.90. The molecule has 7 nitrogen and oxygen atoms in total. The summed E-state index contributed by atoms with van der Waals surface area (Å²) in [7, 11) is 1.70. The van der Waals surface area contributed by atoms with Crippen LogP contribution in [0.3, 0.4) is 0 Å². The number of hydrogen-bond donors (Lipinski definition) is 0. The van der Waals surface area contributed by atoms with Gasteiger partial charge in [0.15, 0.2) is 11.0 Å². The molecule has 2 aromatic heterocycles. The van der Waals surface area contributed by atoms with Gasteiger partial charge in [0.2, 0.25) is 5.89 Å². The van der Waals surface area contributed by atoms with E-state index in [1.807, 2.05) is 32.0 Å². The summed E-state index contributed by atoms with van der Waals surface area (Å²) in [6.45, 7) is 5.84. The maximum Gasteiger partial charge on any atom is 0.237 e. The van der Waals surface area contributed by atoms with Crippen LogP contribution in [-0.2, 0) is 21.8 Å². The van der Waals surface area contributed by atoms with E-state index in [2.05, 4.69) is 20.8 Å². The van der Waals surface area contributed by atoms with Gasteiger partial charge >= 0.3 is 0 Å². The Morgan fingerprint density at radius 1 is 1.28 bits per heavy atom. The standard InChI is InChI=1S/C17H22N4O3S/c1-4-23-12(2)16-19-15(24-20-16)11-25-17-18-13-7-5-6-8-14(13)21(17)9-10-22-3/h5-8,12H,4,9-11H2,1-3H3. The molecule has 0 radical (unpaired) electrons. The topological polar surface area (TPSA) is 75.2 Å². The zero-order chi connectivity index (χ0) is 17.6. The number of nitrogens with zero attached hydrogens (tertiary/aromatic N) is 4. The minimum Gasteiger partial charge on any atom is -0.383 e. The van der Waals surface area contributed by atoms with Gasteiger partial charge in [0.1, 0.15) is 6.10 Å². The average molecular weight is 362 g/mol. The molecule has 0 aliphatic carbocycles. The van der Waals surface area contributed by atoms with Crippen LogP contribution in [0.2, 0.25) is 0 Å². The summed E-state index contributed by atoms with van der Waals surface area (Å²) in [6.07, 6.45) is -0.168. The SMILES string of the molecule is CCOC(C)c1noc(CSc2nc3ccccc3n2CCOC)n1. The van der Waals surface area contributed by atoms with E-state index in [0.717, 1.165) is 22.7 Å². The van der Waals surface area contributed by atoms with Crippen molar-refractivity contribution in [1.82, 2.24) is 19.7 Å². The minimum atomic E-state index is -0.168. The lowest BCUT2D eigenvalue weighted by atomic mass is 10.3. The summed E-state index contributed by atoms with van der Waals surface area (Å²) >= 11 is 1.57. The highest BCUT2D eigenvalue weighted by Crippen LogP contribution is 2.27. The second-order valence-corrected chi connectivity index (χ2v) is 6.40. The van der Waals surface area contributed by atoms with Gasteiger partial charge in [0.05, 0.1) is 23.4 Å². The van der Waals surface area contributed by atoms with Gasteiger partial charge in [-0.25, -0.2) is 4.98 Å². The second kappa shape index (κ2) is 8.46. The average Bonchev–Trinajstić information content (AvgIpc) is 3.23. The molecule has 0 aliphatic heterocycles. The number of aromatic nitrogens is 4. The first-order chi connectivity index (χ1) is 12.2. The molecule has 0 bridgehead atoms. The van der Waals surface area contributed by atoms with Crippen LogP contribution in [0.25, 0.3) is 11.0 Å². The third kappa shape index (κ3) is 4.20. The van der Waals surface area contributed by atoms with Crippen LogP contribution >= 0.6 is 11.8 Å². The monoisotopic (exact) mass is 362 g/mol. The molecule has 0 spiro atoms. The Kier molecular flexibility index (Phi) is 6.06. The lowest BCUT2D eigenvalue weighted by Crippen LogP contribution is -2.05. The molecular formula is C17H22N4O3S. The lowest BCUT2D eigenvalue weighted by Gasteiger charge is -2.07. The Morgan fingerprint density at radius 3 is 2.92 bits per heavy atom. The number of hydrogen-bond acceptors (Lipinski definition) is 7. The second-order valence-electron chi connectivity index (χ2n) is 5.46. The van der Waals surface area contributed by atoms with E-state index in [0.29, 0.717) is 30.7 Å². The van der Waals surface area contributed by atoms with E-state index in [4.69, 9.17) is 19.0 Å². The quantitative estimate of drug-likeness (QED) is 0.540. The van der Waals surface area contributed by atoms with E-state index in [9.17, 15) is 0 Å². The molecule has 0 saturated heterocycles. The number of fused-ring (bicyclic) bond motifs is 1. The number of ether oxygens (including phenoxy) is 2. The van der Waals surface area contributed by atoms with Crippen molar-refractivity contribution < 1.29 is 14.0 Å². The lowest BCUT2D eigenvalue weighted by molar-refractivity contribution is 0.0683. The van der Waals surface area contributed by atoms with Gasteiger partial charge in [-0.3, -0.25) is 0 Å². The first-order valence-electron chi connectivity index (χ1n) is 8.24. The third-order valence-corrected chi connectivity index (χ3v) is 4.69. The summed E-state index contributed by atoms with van der Waals surface area (Å²) in [4.78, 5) is 9.11. The Labute approximate surface area is 150 Å². The molecule has 3 rings (SSSR count). The van der Waals surface area contributed by atoms with Crippen molar-refractivity contribution in [2.45, 2.75) is 37.4 Å². The highest BCUT2D eigenvalue weighted by atomic mass is 32.2. The Hall–Kier alpha value is -1.90. The van der Waals surface area contributed by atoms with E-state index in [-0.39, 0.29) is 6.10 Å². The number of thioether (sulfide) groups is 1. The maximum absolute atomic E-state index is 5.49. The number of methoxy groups -OCH3 is 1. The first-order valence-corrected chi connectivity index (χ1v) is 9.22. The first kappa shape index (κ1) is 17.9. The van der Waals surface area contributed by atoms with Gasteiger partial charge < -0.3 is 18.6 Å². The van der Waals surface area contributed by atoms with Gasteiger partial charge in [-0.15, -0.1) is 0 Å². The van der Waals surface area contributed by atoms with Crippen molar-refractivity contribution in [3.8, 4) is 0 Å². The predicted molar refractivity (Wildman–Crippen MR) is 95.5 cm³/mol. The molecule has 25 heavy (non-hydrogen) atoms. The van der Waals surface area contributed by atoms with Gasteiger partial charge in [-0.1, -0.05) is 29.1 Å². The molecule has 1 atom stereocenters. The van der Waals surface area contributed by atoms with E-state index in [1.54, 1.807) is 18.9 Å². The molecule has 1 unspecified atom stereocenters. The van der Waals surface area contributed by atoms with Crippen LogP contribution in [0, 0.1) is 0 Å². The van der Waals surface area contributed by atoms with Crippen molar-refractivity contribution in [2.24, 2.45) is 0 Å². The molecule has 2 heterocycles. The van der Waals surface area contributed by atoms with Gasteiger partial charge in [-0.2, -0.15) is 4.98 Å². The Bertz CT molecular complexity index is 817. The number of imidazole rings is 1. The van der Waals surface area contributed by atoms with Gasteiger partial charge in [-0.05, 0) is 26.0 Å². The van der Waals surface area contributed by atoms with Crippen LogP contribution in [-0.4, -0.2) is 40.0 Å². The summed E-state index contributed by atoms with van der Waals surface area (Å²) in [6, 6.07) is 8.08. The largest absolute Gasteiger partial charge is 0.383 e. The number of para-hydroxylation sites is 2. The zero-order valence-corrected chi connectivity index (χ0v) is 15.5. The number of benzene rings is 1. The third-order valence-electron chi connectivity index (χ3n) is 3.73.